The topological polar surface area (TPSA) is 73.2 Å². The van der Waals surface area contributed by atoms with E-state index in [-0.39, 0.29) is 18.0 Å². The lowest BCUT2D eigenvalue weighted by Crippen LogP contribution is -2.27. The molecule has 0 aliphatic heterocycles. The molecule has 7 heteroatoms. The minimum absolute atomic E-state index is 0.130. The summed E-state index contributed by atoms with van der Waals surface area (Å²) in [6, 6.07) is 21.1. The number of nitrogens with one attached hydrogen (secondary N) is 1. The van der Waals surface area contributed by atoms with E-state index in [1.165, 1.54) is 10.9 Å². The second-order valence-electron chi connectivity index (χ2n) is 6.30. The predicted octanol–water partition coefficient (Wildman–Crippen LogP) is 4.48. The molecule has 1 N–H and O–H groups in total. The lowest BCUT2D eigenvalue weighted by atomic mass is 10.2. The maximum atomic E-state index is 12.5. The number of halogens is 1. The first kappa shape index (κ1) is 18.7. The number of anilines is 1. The van der Waals surface area contributed by atoms with Gasteiger partial charge in [0.2, 0.25) is 5.91 Å². The van der Waals surface area contributed by atoms with Gasteiger partial charge >= 0.3 is 0 Å². The van der Waals surface area contributed by atoms with Crippen LogP contribution < -0.4 is 15.6 Å². The van der Waals surface area contributed by atoms with Crippen molar-refractivity contribution in [3.05, 3.63) is 94.5 Å². The van der Waals surface area contributed by atoms with Crippen LogP contribution in [0.25, 0.3) is 10.9 Å². The van der Waals surface area contributed by atoms with E-state index in [1.54, 1.807) is 54.6 Å². The summed E-state index contributed by atoms with van der Waals surface area (Å²) in [4.78, 5) is 29.0. The number of para-hydroxylation sites is 2. The molecule has 1 aromatic heterocycles. The van der Waals surface area contributed by atoms with Crippen molar-refractivity contribution in [3.63, 3.8) is 0 Å². The Bertz CT molecular complexity index is 1240. The van der Waals surface area contributed by atoms with E-state index < -0.39 is 0 Å². The number of carbonyl (C=O) groups excluding carboxylic acids is 1. The smallest absolute Gasteiger partial charge is 0.261 e. The lowest BCUT2D eigenvalue weighted by Gasteiger charge is -2.10. The highest BCUT2D eigenvalue weighted by Crippen LogP contribution is 2.29. The Kier molecular flexibility index (Phi) is 5.27. The molecule has 1 amide bonds. The third-order valence-corrected chi connectivity index (χ3v) is 4.56. The Hall–Kier alpha value is -3.64. The van der Waals surface area contributed by atoms with E-state index in [4.69, 9.17) is 16.3 Å². The van der Waals surface area contributed by atoms with Gasteiger partial charge < -0.3 is 10.1 Å². The fourth-order valence-corrected chi connectivity index (χ4v) is 3.01. The lowest BCUT2D eigenvalue weighted by molar-refractivity contribution is -0.116. The van der Waals surface area contributed by atoms with Crippen LogP contribution in [0.5, 0.6) is 11.5 Å². The minimum Gasteiger partial charge on any atom is -0.456 e. The molecule has 0 saturated heterocycles. The van der Waals surface area contributed by atoms with E-state index in [2.05, 4.69) is 10.3 Å². The van der Waals surface area contributed by atoms with Gasteiger partial charge in [0.1, 0.15) is 18.0 Å². The molecule has 0 aliphatic carbocycles. The van der Waals surface area contributed by atoms with Crippen molar-refractivity contribution in [2.24, 2.45) is 0 Å². The summed E-state index contributed by atoms with van der Waals surface area (Å²) in [5.41, 5.74) is 0.931. The highest BCUT2D eigenvalue weighted by atomic mass is 35.5. The predicted molar refractivity (Wildman–Crippen MR) is 113 cm³/mol. The van der Waals surface area contributed by atoms with Gasteiger partial charge in [-0.25, -0.2) is 4.98 Å². The van der Waals surface area contributed by atoms with Crippen molar-refractivity contribution in [2.45, 2.75) is 6.54 Å². The van der Waals surface area contributed by atoms with E-state index >= 15 is 0 Å². The van der Waals surface area contributed by atoms with Gasteiger partial charge in [0.05, 0.1) is 22.3 Å². The summed E-state index contributed by atoms with van der Waals surface area (Å²) >= 11 is 6.09. The number of nitrogens with zero attached hydrogens (tertiary/aromatic N) is 2. The SMILES string of the molecule is O=C(Cn1cnc2ccccc2c1=O)Nc1ccc(Oc2ccccc2Cl)cc1. The molecule has 6 nitrogen and oxygen atoms in total. The van der Waals surface area contributed by atoms with Crippen molar-refractivity contribution in [1.82, 2.24) is 9.55 Å². The van der Waals surface area contributed by atoms with Crippen LogP contribution in [-0.4, -0.2) is 15.5 Å². The molecule has 0 spiro atoms. The molecule has 144 valence electrons. The van der Waals surface area contributed by atoms with Crippen molar-refractivity contribution in [3.8, 4) is 11.5 Å². The number of rotatable bonds is 5. The molecule has 0 unspecified atom stereocenters. The van der Waals surface area contributed by atoms with Crippen molar-refractivity contribution >= 4 is 34.1 Å². The van der Waals surface area contributed by atoms with Crippen LogP contribution in [-0.2, 0) is 11.3 Å². The normalized spacial score (nSPS) is 10.7. The zero-order valence-electron chi connectivity index (χ0n) is 15.2. The Labute approximate surface area is 171 Å². The van der Waals surface area contributed by atoms with Crippen LogP contribution >= 0.6 is 11.6 Å². The van der Waals surface area contributed by atoms with Crippen LogP contribution in [0.3, 0.4) is 0 Å². The molecule has 1 heterocycles. The first-order valence-electron chi connectivity index (χ1n) is 8.86. The summed E-state index contributed by atoms with van der Waals surface area (Å²) in [7, 11) is 0. The van der Waals surface area contributed by atoms with Gasteiger partial charge in [0.15, 0.2) is 0 Å². The van der Waals surface area contributed by atoms with Gasteiger partial charge in [-0.2, -0.15) is 0 Å². The highest BCUT2D eigenvalue weighted by Gasteiger charge is 2.09. The Balaban J connectivity index is 1.43. The van der Waals surface area contributed by atoms with Gasteiger partial charge in [0, 0.05) is 5.69 Å². The fourth-order valence-electron chi connectivity index (χ4n) is 2.83. The van der Waals surface area contributed by atoms with Crippen LogP contribution in [0.4, 0.5) is 5.69 Å². The van der Waals surface area contributed by atoms with Gasteiger partial charge in [-0.1, -0.05) is 35.9 Å². The quantitative estimate of drug-likeness (QED) is 0.531. The zero-order valence-corrected chi connectivity index (χ0v) is 16.0. The maximum absolute atomic E-state index is 12.5. The third kappa shape index (κ3) is 4.28. The molecule has 0 bridgehead atoms. The molecule has 29 heavy (non-hydrogen) atoms. The largest absolute Gasteiger partial charge is 0.456 e. The number of ether oxygens (including phenoxy) is 1. The summed E-state index contributed by atoms with van der Waals surface area (Å²) in [6.07, 6.45) is 1.38. The van der Waals surface area contributed by atoms with Crippen LogP contribution in [0.15, 0.2) is 83.9 Å². The average molecular weight is 406 g/mol. The van der Waals surface area contributed by atoms with E-state index in [0.717, 1.165) is 0 Å². The molecule has 0 radical (unpaired) electrons. The number of aromatic nitrogens is 2. The summed E-state index contributed by atoms with van der Waals surface area (Å²) < 4.78 is 7.01. The average Bonchev–Trinajstić information content (AvgIpc) is 2.73. The monoisotopic (exact) mass is 405 g/mol. The number of hydrogen-bond donors (Lipinski definition) is 1. The fraction of sp³-hybridized carbons (Fsp3) is 0.0455. The number of hydrogen-bond acceptors (Lipinski definition) is 4. The summed E-state index contributed by atoms with van der Waals surface area (Å²) in [5, 5.41) is 3.75. The molecule has 3 aromatic carbocycles. The molecular formula is C22H16ClN3O3. The highest BCUT2D eigenvalue weighted by molar-refractivity contribution is 6.32. The Morgan fingerprint density at radius 1 is 1.00 bits per heavy atom. The molecule has 0 atom stereocenters. The molecule has 4 rings (SSSR count). The van der Waals surface area contributed by atoms with E-state index in [0.29, 0.717) is 33.1 Å². The van der Waals surface area contributed by atoms with Crippen molar-refractivity contribution < 1.29 is 9.53 Å². The first-order valence-corrected chi connectivity index (χ1v) is 9.24. The molecule has 0 saturated carbocycles. The zero-order chi connectivity index (χ0) is 20.2. The standard InChI is InChI=1S/C22H16ClN3O3/c23-18-6-2-4-8-20(18)29-16-11-9-15(10-12-16)25-21(27)13-26-14-24-19-7-3-1-5-17(19)22(26)28/h1-12,14H,13H2,(H,25,27). The molecule has 0 fully saturated rings. The van der Waals surface area contributed by atoms with Crippen LogP contribution in [0.2, 0.25) is 5.02 Å². The van der Waals surface area contributed by atoms with Gasteiger partial charge in [-0.15, -0.1) is 0 Å². The number of carbonyl (C=O) groups is 1. The van der Waals surface area contributed by atoms with Crippen LogP contribution in [0.1, 0.15) is 0 Å². The van der Waals surface area contributed by atoms with Gasteiger partial charge in [-0.3, -0.25) is 14.2 Å². The first-order chi connectivity index (χ1) is 14.1. The maximum Gasteiger partial charge on any atom is 0.261 e. The van der Waals surface area contributed by atoms with E-state index in [9.17, 15) is 9.59 Å². The second-order valence-corrected chi connectivity index (χ2v) is 6.71. The number of amides is 1. The molecular weight excluding hydrogens is 390 g/mol. The summed E-state index contributed by atoms with van der Waals surface area (Å²) in [5.74, 6) is 0.809. The van der Waals surface area contributed by atoms with Crippen LogP contribution in [0, 0.1) is 0 Å². The van der Waals surface area contributed by atoms with Crippen molar-refractivity contribution in [2.75, 3.05) is 5.32 Å². The van der Waals surface area contributed by atoms with Gasteiger partial charge in [-0.05, 0) is 48.5 Å². The Morgan fingerprint density at radius 3 is 2.52 bits per heavy atom. The van der Waals surface area contributed by atoms with Gasteiger partial charge in [0.25, 0.3) is 5.56 Å². The number of benzene rings is 3. The number of fused-ring (bicyclic) bond motifs is 1. The minimum atomic E-state index is -0.330. The molecule has 4 aromatic rings. The van der Waals surface area contributed by atoms with Crippen molar-refractivity contribution in [1.29, 1.82) is 0 Å². The van der Waals surface area contributed by atoms with E-state index in [1.807, 2.05) is 18.2 Å². The Morgan fingerprint density at radius 2 is 1.72 bits per heavy atom. The second kappa shape index (κ2) is 8.16. The molecule has 0 aliphatic rings. The third-order valence-electron chi connectivity index (χ3n) is 4.25. The summed E-state index contributed by atoms with van der Waals surface area (Å²) in [6.45, 7) is -0.130.